The monoisotopic (exact) mass is 284 g/mol. The van der Waals surface area contributed by atoms with E-state index in [0.717, 1.165) is 31.9 Å². The Hall–Kier alpha value is -2.14. The van der Waals surface area contributed by atoms with E-state index in [2.05, 4.69) is 44.5 Å². The van der Waals surface area contributed by atoms with Crippen molar-refractivity contribution in [3.8, 4) is 5.88 Å². The number of benzene rings is 1. The Balaban J connectivity index is 1.54. The summed E-state index contributed by atoms with van der Waals surface area (Å²) in [5, 5.41) is 2.99. The molecule has 21 heavy (non-hydrogen) atoms. The summed E-state index contributed by atoms with van der Waals surface area (Å²) >= 11 is 0. The third-order valence-electron chi connectivity index (χ3n) is 3.66. The molecule has 5 heteroatoms. The van der Waals surface area contributed by atoms with Crippen LogP contribution in [0.5, 0.6) is 5.88 Å². The zero-order valence-corrected chi connectivity index (χ0v) is 12.2. The van der Waals surface area contributed by atoms with E-state index >= 15 is 0 Å². The van der Waals surface area contributed by atoms with E-state index in [-0.39, 0.29) is 6.10 Å². The molecule has 2 heterocycles. The second-order valence-electron chi connectivity index (χ2n) is 5.24. The fraction of sp³-hybridized carbons (Fsp3) is 0.375. The highest BCUT2D eigenvalue weighted by atomic mass is 16.5. The van der Waals surface area contributed by atoms with E-state index in [1.54, 1.807) is 0 Å². The van der Waals surface area contributed by atoms with Crippen molar-refractivity contribution >= 4 is 5.82 Å². The Morgan fingerprint density at radius 1 is 1.29 bits per heavy atom. The number of ether oxygens (including phenoxy) is 1. The maximum absolute atomic E-state index is 5.95. The van der Waals surface area contributed by atoms with Gasteiger partial charge in [0.05, 0.1) is 0 Å². The average Bonchev–Trinajstić information content (AvgIpc) is 2.95. The Bertz CT molecular complexity index is 575. The molecule has 1 aromatic carbocycles. The topological polar surface area (TPSA) is 50.3 Å². The fourth-order valence-electron chi connectivity index (χ4n) is 2.59. The summed E-state index contributed by atoms with van der Waals surface area (Å²) in [4.78, 5) is 10.7. The van der Waals surface area contributed by atoms with Crippen LogP contribution in [0.4, 0.5) is 5.82 Å². The molecule has 3 rings (SSSR count). The number of nitrogens with one attached hydrogen (secondary N) is 1. The SMILES string of the molecule is CNc1cc(OC2CCN(Cc3ccccc3)C2)ncn1. The summed E-state index contributed by atoms with van der Waals surface area (Å²) in [5.74, 6) is 1.42. The minimum atomic E-state index is 0.202. The highest BCUT2D eigenvalue weighted by Gasteiger charge is 2.24. The molecule has 0 spiro atoms. The lowest BCUT2D eigenvalue weighted by Gasteiger charge is -2.16. The molecular formula is C16H20N4O. The molecule has 1 fully saturated rings. The molecule has 110 valence electrons. The smallest absolute Gasteiger partial charge is 0.218 e. The molecule has 1 saturated heterocycles. The normalized spacial score (nSPS) is 18.6. The number of aromatic nitrogens is 2. The minimum absolute atomic E-state index is 0.202. The number of hydrogen-bond acceptors (Lipinski definition) is 5. The van der Waals surface area contributed by atoms with Gasteiger partial charge >= 0.3 is 0 Å². The highest BCUT2D eigenvalue weighted by Crippen LogP contribution is 2.19. The van der Waals surface area contributed by atoms with Crippen LogP contribution in [0.3, 0.4) is 0 Å². The van der Waals surface area contributed by atoms with Crippen LogP contribution in [0.1, 0.15) is 12.0 Å². The van der Waals surface area contributed by atoms with Gasteiger partial charge in [0.2, 0.25) is 5.88 Å². The standard InChI is InChI=1S/C16H20N4O/c1-17-15-9-16(19-12-18-15)21-14-7-8-20(11-14)10-13-5-3-2-4-6-13/h2-6,9,12,14H,7-8,10-11H2,1H3,(H,17,18,19). The van der Waals surface area contributed by atoms with Crippen molar-refractivity contribution in [1.29, 1.82) is 0 Å². The first kappa shape index (κ1) is 13.8. The van der Waals surface area contributed by atoms with Crippen LogP contribution in [-0.4, -0.2) is 41.1 Å². The van der Waals surface area contributed by atoms with E-state index < -0.39 is 0 Å². The number of likely N-dealkylation sites (tertiary alicyclic amines) is 1. The van der Waals surface area contributed by atoms with E-state index in [4.69, 9.17) is 4.74 Å². The molecule has 0 bridgehead atoms. The maximum atomic E-state index is 5.95. The van der Waals surface area contributed by atoms with Crippen LogP contribution in [0, 0.1) is 0 Å². The molecule has 5 nitrogen and oxygen atoms in total. The molecule has 1 atom stereocenters. The van der Waals surface area contributed by atoms with Crippen molar-refractivity contribution in [3.05, 3.63) is 48.3 Å². The van der Waals surface area contributed by atoms with E-state index in [9.17, 15) is 0 Å². The Morgan fingerprint density at radius 3 is 2.95 bits per heavy atom. The molecule has 2 aromatic rings. The van der Waals surface area contributed by atoms with Crippen LogP contribution >= 0.6 is 0 Å². The lowest BCUT2D eigenvalue weighted by molar-refractivity contribution is 0.191. The minimum Gasteiger partial charge on any atom is -0.473 e. The summed E-state index contributed by atoms with van der Waals surface area (Å²) in [7, 11) is 1.84. The van der Waals surface area contributed by atoms with E-state index in [1.807, 2.05) is 19.2 Å². The van der Waals surface area contributed by atoms with Gasteiger partial charge in [0.15, 0.2) is 0 Å². The molecule has 1 N–H and O–H groups in total. The van der Waals surface area contributed by atoms with Gasteiger partial charge in [-0.25, -0.2) is 9.97 Å². The number of anilines is 1. The van der Waals surface area contributed by atoms with Gasteiger partial charge in [-0.2, -0.15) is 0 Å². The first-order valence-corrected chi connectivity index (χ1v) is 7.26. The van der Waals surface area contributed by atoms with Crippen molar-refractivity contribution in [2.45, 2.75) is 19.1 Å². The van der Waals surface area contributed by atoms with E-state index in [1.165, 1.54) is 11.9 Å². The second-order valence-corrected chi connectivity index (χ2v) is 5.24. The fourth-order valence-corrected chi connectivity index (χ4v) is 2.59. The summed E-state index contributed by atoms with van der Waals surface area (Å²) in [6.45, 7) is 2.98. The number of rotatable bonds is 5. The number of hydrogen-bond donors (Lipinski definition) is 1. The van der Waals surface area contributed by atoms with Gasteiger partial charge in [-0.3, -0.25) is 4.90 Å². The molecule has 0 aliphatic carbocycles. The van der Waals surface area contributed by atoms with Crippen molar-refractivity contribution in [2.24, 2.45) is 0 Å². The maximum Gasteiger partial charge on any atom is 0.218 e. The summed E-state index contributed by atoms with van der Waals surface area (Å²) < 4.78 is 5.95. The van der Waals surface area contributed by atoms with Gasteiger partial charge in [0.1, 0.15) is 18.2 Å². The molecule has 1 unspecified atom stereocenters. The zero-order chi connectivity index (χ0) is 14.5. The predicted molar refractivity (Wildman–Crippen MR) is 82.3 cm³/mol. The Morgan fingerprint density at radius 2 is 2.14 bits per heavy atom. The van der Waals surface area contributed by atoms with Gasteiger partial charge in [-0.05, 0) is 12.0 Å². The van der Waals surface area contributed by atoms with Crippen molar-refractivity contribution in [1.82, 2.24) is 14.9 Å². The third kappa shape index (κ3) is 3.70. The van der Waals surface area contributed by atoms with Crippen LogP contribution < -0.4 is 10.1 Å². The Labute approximate surface area is 125 Å². The van der Waals surface area contributed by atoms with Crippen LogP contribution in [0.25, 0.3) is 0 Å². The summed E-state index contributed by atoms with van der Waals surface area (Å²) in [5.41, 5.74) is 1.35. The van der Waals surface area contributed by atoms with Crippen molar-refractivity contribution in [3.63, 3.8) is 0 Å². The van der Waals surface area contributed by atoms with Crippen LogP contribution in [-0.2, 0) is 6.54 Å². The predicted octanol–water partition coefficient (Wildman–Crippen LogP) is 2.17. The lowest BCUT2D eigenvalue weighted by atomic mass is 10.2. The third-order valence-corrected chi connectivity index (χ3v) is 3.66. The molecular weight excluding hydrogens is 264 g/mol. The molecule has 0 radical (unpaired) electrons. The molecule has 1 aromatic heterocycles. The molecule has 1 aliphatic heterocycles. The van der Waals surface area contributed by atoms with Crippen molar-refractivity contribution in [2.75, 3.05) is 25.5 Å². The number of nitrogens with zero attached hydrogens (tertiary/aromatic N) is 3. The Kier molecular flexibility index (Phi) is 4.31. The summed E-state index contributed by atoms with van der Waals surface area (Å²) in [6.07, 6.45) is 2.76. The highest BCUT2D eigenvalue weighted by molar-refractivity contribution is 5.36. The van der Waals surface area contributed by atoms with Gasteiger partial charge in [-0.15, -0.1) is 0 Å². The van der Waals surface area contributed by atoms with Gasteiger partial charge < -0.3 is 10.1 Å². The zero-order valence-electron chi connectivity index (χ0n) is 12.2. The summed E-state index contributed by atoms with van der Waals surface area (Å²) in [6, 6.07) is 12.4. The average molecular weight is 284 g/mol. The van der Waals surface area contributed by atoms with E-state index in [0.29, 0.717) is 5.88 Å². The molecule has 0 saturated carbocycles. The van der Waals surface area contributed by atoms with Crippen LogP contribution in [0.2, 0.25) is 0 Å². The van der Waals surface area contributed by atoms with Crippen LogP contribution in [0.15, 0.2) is 42.7 Å². The van der Waals surface area contributed by atoms with Crippen molar-refractivity contribution < 1.29 is 4.74 Å². The molecule has 1 aliphatic rings. The quantitative estimate of drug-likeness (QED) is 0.912. The largest absolute Gasteiger partial charge is 0.473 e. The first-order chi connectivity index (χ1) is 10.3. The lowest BCUT2D eigenvalue weighted by Crippen LogP contribution is -2.24. The van der Waals surface area contributed by atoms with Gasteiger partial charge in [-0.1, -0.05) is 30.3 Å². The van der Waals surface area contributed by atoms with Gasteiger partial charge in [0, 0.05) is 32.7 Å². The first-order valence-electron chi connectivity index (χ1n) is 7.26. The second kappa shape index (κ2) is 6.54. The molecule has 0 amide bonds. The van der Waals surface area contributed by atoms with Gasteiger partial charge in [0.25, 0.3) is 0 Å².